The van der Waals surface area contributed by atoms with Gasteiger partial charge in [-0.2, -0.15) is 0 Å². The van der Waals surface area contributed by atoms with Crippen LogP contribution in [0, 0.1) is 19.8 Å². The van der Waals surface area contributed by atoms with Gasteiger partial charge in [0, 0.05) is 18.3 Å². The summed E-state index contributed by atoms with van der Waals surface area (Å²) in [5.74, 6) is -1.15. The van der Waals surface area contributed by atoms with E-state index in [0.29, 0.717) is 18.7 Å². The van der Waals surface area contributed by atoms with Gasteiger partial charge in [0.15, 0.2) is 0 Å². The summed E-state index contributed by atoms with van der Waals surface area (Å²) in [6, 6.07) is 3.91. The van der Waals surface area contributed by atoms with E-state index in [1.165, 1.54) is 0 Å². The molecule has 1 amide bonds. The molecule has 24 heavy (non-hydrogen) atoms. The number of aryl methyl sites for hydroxylation is 1. The SMILES string of the molecule is Cc1cc(C2CC(C(=O)O)CN2)cc(NC(=O)OC(C)(C)C)c1C. The van der Waals surface area contributed by atoms with Gasteiger partial charge in [0.05, 0.1) is 5.92 Å². The third kappa shape index (κ3) is 4.47. The lowest BCUT2D eigenvalue weighted by Gasteiger charge is -2.21. The topological polar surface area (TPSA) is 87.7 Å². The predicted octanol–water partition coefficient (Wildman–Crippen LogP) is 3.39. The number of hydrogen-bond donors (Lipinski definition) is 3. The first-order valence-corrected chi connectivity index (χ1v) is 8.14. The van der Waals surface area contributed by atoms with E-state index < -0.39 is 17.7 Å². The number of carboxylic acids is 1. The van der Waals surface area contributed by atoms with E-state index in [0.717, 1.165) is 16.7 Å². The Labute approximate surface area is 142 Å². The maximum Gasteiger partial charge on any atom is 0.412 e. The van der Waals surface area contributed by atoms with Crippen LogP contribution in [0.4, 0.5) is 10.5 Å². The molecule has 6 nitrogen and oxygen atoms in total. The Morgan fingerprint density at radius 1 is 1.29 bits per heavy atom. The van der Waals surface area contributed by atoms with Gasteiger partial charge >= 0.3 is 12.1 Å². The Balaban J connectivity index is 2.20. The highest BCUT2D eigenvalue weighted by atomic mass is 16.6. The van der Waals surface area contributed by atoms with Crippen LogP contribution in [-0.2, 0) is 9.53 Å². The molecule has 0 aliphatic carbocycles. The fraction of sp³-hybridized carbons (Fsp3) is 0.556. The van der Waals surface area contributed by atoms with Crippen LogP contribution in [0.1, 0.15) is 49.9 Å². The Kier molecular flexibility index (Phi) is 5.18. The number of carbonyl (C=O) groups excluding carboxylic acids is 1. The van der Waals surface area contributed by atoms with Gasteiger partial charge < -0.3 is 15.2 Å². The second-order valence-corrected chi connectivity index (χ2v) is 7.37. The van der Waals surface area contributed by atoms with Crippen LogP contribution in [0.5, 0.6) is 0 Å². The largest absolute Gasteiger partial charge is 0.481 e. The Hall–Kier alpha value is -2.08. The monoisotopic (exact) mass is 334 g/mol. The minimum Gasteiger partial charge on any atom is -0.481 e. The fourth-order valence-electron chi connectivity index (χ4n) is 2.81. The quantitative estimate of drug-likeness (QED) is 0.788. The number of nitrogens with one attached hydrogen (secondary N) is 2. The van der Waals surface area contributed by atoms with Gasteiger partial charge in [-0.25, -0.2) is 4.79 Å². The molecule has 0 saturated carbocycles. The molecule has 1 aromatic rings. The van der Waals surface area contributed by atoms with Gasteiger partial charge in [-0.3, -0.25) is 10.1 Å². The van der Waals surface area contributed by atoms with Crippen molar-refractivity contribution in [3.63, 3.8) is 0 Å². The first-order valence-electron chi connectivity index (χ1n) is 8.14. The van der Waals surface area contributed by atoms with Crippen LogP contribution in [-0.4, -0.2) is 29.3 Å². The number of rotatable bonds is 3. The lowest BCUT2D eigenvalue weighted by Crippen LogP contribution is -2.27. The van der Waals surface area contributed by atoms with E-state index in [2.05, 4.69) is 10.6 Å². The normalized spacial score (nSPS) is 20.7. The van der Waals surface area contributed by atoms with Crippen molar-refractivity contribution in [2.75, 3.05) is 11.9 Å². The van der Waals surface area contributed by atoms with Crippen molar-refractivity contribution in [1.82, 2.24) is 5.32 Å². The zero-order valence-corrected chi connectivity index (χ0v) is 14.9. The van der Waals surface area contributed by atoms with Crippen LogP contribution in [0.15, 0.2) is 12.1 Å². The first-order chi connectivity index (χ1) is 11.1. The molecule has 6 heteroatoms. The van der Waals surface area contributed by atoms with Gasteiger partial charge in [-0.05, 0) is 63.8 Å². The van der Waals surface area contributed by atoms with Crippen LogP contribution in [0.3, 0.4) is 0 Å². The smallest absolute Gasteiger partial charge is 0.412 e. The molecule has 132 valence electrons. The number of aliphatic carboxylic acids is 1. The lowest BCUT2D eigenvalue weighted by molar-refractivity contribution is -0.141. The summed E-state index contributed by atoms with van der Waals surface area (Å²) in [6.07, 6.45) is 0.0499. The number of ether oxygens (including phenoxy) is 1. The third-order valence-electron chi connectivity index (χ3n) is 4.21. The van der Waals surface area contributed by atoms with E-state index in [9.17, 15) is 9.59 Å². The molecule has 2 atom stereocenters. The molecule has 1 aromatic carbocycles. The van der Waals surface area contributed by atoms with Gasteiger partial charge in [0.25, 0.3) is 0 Å². The molecule has 1 saturated heterocycles. The average Bonchev–Trinajstić information content (AvgIpc) is 2.91. The Morgan fingerprint density at radius 3 is 2.50 bits per heavy atom. The van der Waals surface area contributed by atoms with Crippen molar-refractivity contribution in [2.45, 2.75) is 52.7 Å². The molecular formula is C18H26N2O4. The number of amides is 1. The summed E-state index contributed by atoms with van der Waals surface area (Å²) in [5.41, 5.74) is 3.12. The molecule has 1 heterocycles. The molecule has 0 bridgehead atoms. The maximum absolute atomic E-state index is 12.0. The van der Waals surface area contributed by atoms with E-state index >= 15 is 0 Å². The van der Waals surface area contributed by atoms with Crippen LogP contribution < -0.4 is 10.6 Å². The molecule has 1 aliphatic heterocycles. The summed E-state index contributed by atoms with van der Waals surface area (Å²) >= 11 is 0. The highest BCUT2D eigenvalue weighted by Gasteiger charge is 2.30. The second kappa shape index (κ2) is 6.81. The first kappa shape index (κ1) is 18.3. The minimum atomic E-state index is -0.777. The predicted molar refractivity (Wildman–Crippen MR) is 92.3 cm³/mol. The molecule has 2 rings (SSSR count). The molecule has 0 spiro atoms. The number of carboxylic acid groups (broad SMARTS) is 1. The lowest BCUT2D eigenvalue weighted by atomic mass is 9.96. The highest BCUT2D eigenvalue weighted by Crippen LogP contribution is 2.32. The molecule has 1 aliphatic rings. The van der Waals surface area contributed by atoms with E-state index in [-0.39, 0.29) is 12.0 Å². The second-order valence-electron chi connectivity index (χ2n) is 7.37. The Morgan fingerprint density at radius 2 is 1.96 bits per heavy atom. The van der Waals surface area contributed by atoms with Crippen molar-refractivity contribution >= 4 is 17.7 Å². The minimum absolute atomic E-state index is 0.0235. The maximum atomic E-state index is 12.0. The van der Waals surface area contributed by atoms with Gasteiger partial charge in [-0.1, -0.05) is 6.07 Å². The zero-order valence-electron chi connectivity index (χ0n) is 14.9. The number of benzene rings is 1. The van der Waals surface area contributed by atoms with E-state index in [4.69, 9.17) is 9.84 Å². The number of carbonyl (C=O) groups is 2. The third-order valence-corrected chi connectivity index (χ3v) is 4.21. The van der Waals surface area contributed by atoms with Crippen LogP contribution >= 0.6 is 0 Å². The van der Waals surface area contributed by atoms with Crippen LogP contribution in [0.25, 0.3) is 0 Å². The average molecular weight is 334 g/mol. The Bertz CT molecular complexity index is 649. The number of anilines is 1. The van der Waals surface area contributed by atoms with Crippen molar-refractivity contribution < 1.29 is 19.4 Å². The summed E-state index contributed by atoms with van der Waals surface area (Å²) in [7, 11) is 0. The molecular weight excluding hydrogens is 308 g/mol. The highest BCUT2D eigenvalue weighted by molar-refractivity contribution is 5.86. The fourth-order valence-corrected chi connectivity index (χ4v) is 2.81. The molecule has 3 N–H and O–H groups in total. The number of hydrogen-bond acceptors (Lipinski definition) is 4. The van der Waals surface area contributed by atoms with Gasteiger partial charge in [0.1, 0.15) is 5.60 Å². The summed E-state index contributed by atoms with van der Waals surface area (Å²) in [4.78, 5) is 23.2. The summed E-state index contributed by atoms with van der Waals surface area (Å²) in [5, 5.41) is 15.2. The van der Waals surface area contributed by atoms with Crippen LogP contribution in [0.2, 0.25) is 0 Å². The van der Waals surface area contributed by atoms with Crippen molar-refractivity contribution in [3.8, 4) is 0 Å². The van der Waals surface area contributed by atoms with Crippen molar-refractivity contribution in [1.29, 1.82) is 0 Å². The molecule has 1 fully saturated rings. The summed E-state index contributed by atoms with van der Waals surface area (Å²) in [6.45, 7) is 9.82. The van der Waals surface area contributed by atoms with E-state index in [1.54, 1.807) is 0 Å². The van der Waals surface area contributed by atoms with Gasteiger partial charge in [-0.15, -0.1) is 0 Å². The molecule has 0 aromatic heterocycles. The summed E-state index contributed by atoms with van der Waals surface area (Å²) < 4.78 is 5.31. The zero-order chi connectivity index (χ0) is 18.1. The van der Waals surface area contributed by atoms with Gasteiger partial charge in [0.2, 0.25) is 0 Å². The van der Waals surface area contributed by atoms with Crippen molar-refractivity contribution in [2.24, 2.45) is 5.92 Å². The molecule has 0 radical (unpaired) electrons. The standard InChI is InChI=1S/C18H26N2O4/c1-10-6-12(15-8-13(9-19-15)16(21)22)7-14(11(10)2)20-17(23)24-18(3,4)5/h6-7,13,15,19H,8-9H2,1-5H3,(H,20,23)(H,21,22). The van der Waals surface area contributed by atoms with E-state index in [1.807, 2.05) is 46.8 Å². The van der Waals surface area contributed by atoms with Crippen molar-refractivity contribution in [3.05, 3.63) is 28.8 Å². The molecule has 2 unspecified atom stereocenters.